The summed E-state index contributed by atoms with van der Waals surface area (Å²) in [6, 6.07) is 7.35. The lowest BCUT2D eigenvalue weighted by atomic mass is 10.3. The number of ether oxygens (including phenoxy) is 2. The van der Waals surface area contributed by atoms with Gasteiger partial charge in [0.25, 0.3) is 0 Å². The Balaban J connectivity index is 2.21. The Morgan fingerprint density at radius 2 is 2.21 bits per heavy atom. The summed E-state index contributed by atoms with van der Waals surface area (Å²) in [5.74, 6) is 0.224. The Bertz CT molecular complexity index is 600. The van der Waals surface area contributed by atoms with Crippen LogP contribution in [-0.4, -0.2) is 25.2 Å². The van der Waals surface area contributed by atoms with Gasteiger partial charge in [0.15, 0.2) is 15.2 Å². The quantitative estimate of drug-likeness (QED) is 0.877. The van der Waals surface area contributed by atoms with Gasteiger partial charge in [0, 0.05) is 11.8 Å². The van der Waals surface area contributed by atoms with Crippen molar-refractivity contribution in [3.05, 3.63) is 34.3 Å². The van der Waals surface area contributed by atoms with E-state index in [0.717, 1.165) is 22.8 Å². The molecule has 0 aliphatic carbocycles. The number of benzene rings is 1. The molecule has 7 heteroatoms. The fraction of sp³-hybridized carbons (Fsp3) is 0.167. The monoisotopic (exact) mass is 298 g/mol. The van der Waals surface area contributed by atoms with Crippen molar-refractivity contribution in [2.75, 3.05) is 19.5 Å². The zero-order valence-corrected chi connectivity index (χ0v) is 11.8. The molecule has 0 spiro atoms. The molecule has 0 bridgehead atoms. The molecule has 0 radical (unpaired) electrons. The van der Waals surface area contributed by atoms with Gasteiger partial charge < -0.3 is 14.8 Å². The maximum Gasteiger partial charge on any atom is 0.351 e. The second-order valence-electron chi connectivity index (χ2n) is 3.49. The number of hydrogen-bond donors (Lipinski definition) is 1. The van der Waals surface area contributed by atoms with Crippen LogP contribution in [0.1, 0.15) is 9.67 Å². The average molecular weight is 299 g/mol. The molecule has 0 aliphatic rings. The number of halogens is 1. The fourth-order valence-electron chi connectivity index (χ4n) is 1.40. The van der Waals surface area contributed by atoms with E-state index in [1.54, 1.807) is 7.11 Å². The van der Waals surface area contributed by atoms with E-state index >= 15 is 0 Å². The third-order valence-electron chi connectivity index (χ3n) is 2.28. The first kappa shape index (κ1) is 13.6. The van der Waals surface area contributed by atoms with Gasteiger partial charge in [-0.1, -0.05) is 29.0 Å². The number of methoxy groups -OCH3 is 2. The zero-order chi connectivity index (χ0) is 13.8. The number of rotatable bonds is 4. The number of anilines is 2. The van der Waals surface area contributed by atoms with Crippen molar-refractivity contribution < 1.29 is 14.3 Å². The van der Waals surface area contributed by atoms with E-state index in [1.165, 1.54) is 7.11 Å². The minimum Gasteiger partial charge on any atom is -0.497 e. The predicted molar refractivity (Wildman–Crippen MR) is 74.7 cm³/mol. The Morgan fingerprint density at radius 3 is 2.89 bits per heavy atom. The molecular weight excluding hydrogens is 288 g/mol. The summed E-state index contributed by atoms with van der Waals surface area (Å²) in [5.41, 5.74) is 0.793. The van der Waals surface area contributed by atoms with Gasteiger partial charge in [-0.15, -0.1) is 0 Å². The maximum absolute atomic E-state index is 11.4. The predicted octanol–water partition coefficient (Wildman–Crippen LogP) is 3.34. The highest BCUT2D eigenvalue weighted by Crippen LogP contribution is 2.30. The lowest BCUT2D eigenvalue weighted by Gasteiger charge is -2.04. The van der Waals surface area contributed by atoms with Crippen molar-refractivity contribution in [2.45, 2.75) is 0 Å². The minimum absolute atomic E-state index is 0.127. The van der Waals surface area contributed by atoms with Crippen LogP contribution in [0.2, 0.25) is 5.15 Å². The number of nitrogens with one attached hydrogen (secondary N) is 1. The van der Waals surface area contributed by atoms with E-state index in [9.17, 15) is 4.79 Å². The van der Waals surface area contributed by atoms with Gasteiger partial charge in [-0.3, -0.25) is 0 Å². The molecule has 0 aliphatic heterocycles. The number of hydrogen-bond acceptors (Lipinski definition) is 6. The molecule has 0 saturated heterocycles. The lowest BCUT2D eigenvalue weighted by molar-refractivity contribution is 0.0606. The molecule has 19 heavy (non-hydrogen) atoms. The van der Waals surface area contributed by atoms with Gasteiger partial charge in [-0.2, -0.15) is 0 Å². The van der Waals surface area contributed by atoms with Crippen molar-refractivity contribution >= 4 is 39.7 Å². The first-order chi connectivity index (χ1) is 9.13. The van der Waals surface area contributed by atoms with Crippen molar-refractivity contribution in [3.63, 3.8) is 0 Å². The minimum atomic E-state index is -0.499. The number of aromatic nitrogens is 1. The van der Waals surface area contributed by atoms with Crippen LogP contribution in [0.5, 0.6) is 5.75 Å². The summed E-state index contributed by atoms with van der Waals surface area (Å²) < 4.78 is 9.74. The first-order valence-electron chi connectivity index (χ1n) is 5.29. The van der Waals surface area contributed by atoms with E-state index in [1.807, 2.05) is 24.3 Å². The van der Waals surface area contributed by atoms with Crippen LogP contribution < -0.4 is 10.1 Å². The van der Waals surface area contributed by atoms with Gasteiger partial charge in [0.1, 0.15) is 5.75 Å². The van der Waals surface area contributed by atoms with Crippen LogP contribution in [0, 0.1) is 0 Å². The zero-order valence-electron chi connectivity index (χ0n) is 10.3. The van der Waals surface area contributed by atoms with Crippen LogP contribution in [0.15, 0.2) is 24.3 Å². The van der Waals surface area contributed by atoms with E-state index in [4.69, 9.17) is 16.3 Å². The van der Waals surface area contributed by atoms with Crippen LogP contribution in [-0.2, 0) is 4.74 Å². The van der Waals surface area contributed by atoms with Gasteiger partial charge >= 0.3 is 5.97 Å². The van der Waals surface area contributed by atoms with Gasteiger partial charge in [-0.25, -0.2) is 9.78 Å². The van der Waals surface area contributed by atoms with Crippen LogP contribution in [0.4, 0.5) is 10.8 Å². The van der Waals surface area contributed by atoms with E-state index in [0.29, 0.717) is 5.13 Å². The Hall–Kier alpha value is -1.79. The number of esters is 1. The number of carbonyl (C=O) groups excluding carboxylic acids is 1. The van der Waals surface area contributed by atoms with Crippen LogP contribution >= 0.6 is 22.9 Å². The molecule has 0 fully saturated rings. The van der Waals surface area contributed by atoms with Crippen molar-refractivity contribution in [1.29, 1.82) is 0 Å². The SMILES string of the molecule is COC(=O)c1sc(Nc2cccc(OC)c2)nc1Cl. The second-order valence-corrected chi connectivity index (χ2v) is 4.84. The van der Waals surface area contributed by atoms with E-state index in [2.05, 4.69) is 15.0 Å². The highest BCUT2D eigenvalue weighted by Gasteiger charge is 2.17. The number of thiazole rings is 1. The molecule has 0 amide bonds. The molecule has 0 unspecified atom stereocenters. The van der Waals surface area contributed by atoms with Crippen molar-refractivity contribution in [1.82, 2.24) is 4.98 Å². The summed E-state index contributed by atoms with van der Waals surface area (Å²) in [6.07, 6.45) is 0. The average Bonchev–Trinajstić information content (AvgIpc) is 2.79. The molecule has 0 atom stereocenters. The first-order valence-corrected chi connectivity index (χ1v) is 6.49. The normalized spacial score (nSPS) is 10.1. The Morgan fingerprint density at radius 1 is 1.42 bits per heavy atom. The highest BCUT2D eigenvalue weighted by atomic mass is 35.5. The topological polar surface area (TPSA) is 60.5 Å². The summed E-state index contributed by atoms with van der Waals surface area (Å²) in [4.78, 5) is 15.8. The Kier molecular flexibility index (Phi) is 4.24. The summed E-state index contributed by atoms with van der Waals surface area (Å²) in [5, 5.41) is 3.69. The molecule has 1 heterocycles. The number of nitrogens with zero attached hydrogens (tertiary/aromatic N) is 1. The summed E-state index contributed by atoms with van der Waals surface area (Å²) >= 11 is 7.01. The highest BCUT2D eigenvalue weighted by molar-refractivity contribution is 7.18. The van der Waals surface area contributed by atoms with Gasteiger partial charge in [0.05, 0.1) is 14.2 Å². The van der Waals surface area contributed by atoms with E-state index < -0.39 is 5.97 Å². The number of carbonyl (C=O) groups is 1. The van der Waals surface area contributed by atoms with Gasteiger partial charge in [0.2, 0.25) is 0 Å². The van der Waals surface area contributed by atoms with E-state index in [-0.39, 0.29) is 10.0 Å². The molecule has 100 valence electrons. The molecular formula is C12H11ClN2O3S. The van der Waals surface area contributed by atoms with Crippen molar-refractivity contribution in [3.8, 4) is 5.75 Å². The molecule has 1 aromatic carbocycles. The third-order valence-corrected chi connectivity index (χ3v) is 3.61. The summed E-state index contributed by atoms with van der Waals surface area (Å²) in [7, 11) is 2.89. The van der Waals surface area contributed by atoms with Crippen LogP contribution in [0.25, 0.3) is 0 Å². The Labute approximate surface area is 119 Å². The summed E-state index contributed by atoms with van der Waals surface area (Å²) in [6.45, 7) is 0. The molecule has 2 rings (SSSR count). The van der Waals surface area contributed by atoms with Gasteiger partial charge in [-0.05, 0) is 12.1 Å². The second kappa shape index (κ2) is 5.90. The molecule has 1 N–H and O–H groups in total. The standard InChI is InChI=1S/C12H11ClN2O3S/c1-17-8-5-3-4-7(6-8)14-12-15-10(13)9(19-12)11(16)18-2/h3-6H,1-2H3,(H,14,15). The smallest absolute Gasteiger partial charge is 0.351 e. The molecule has 5 nitrogen and oxygen atoms in total. The van der Waals surface area contributed by atoms with Crippen LogP contribution in [0.3, 0.4) is 0 Å². The largest absolute Gasteiger partial charge is 0.497 e. The molecule has 0 saturated carbocycles. The van der Waals surface area contributed by atoms with Crippen molar-refractivity contribution in [2.24, 2.45) is 0 Å². The lowest BCUT2D eigenvalue weighted by Crippen LogP contribution is -1.98. The molecule has 1 aromatic heterocycles. The fourth-order valence-corrected chi connectivity index (χ4v) is 2.52. The molecule has 2 aromatic rings. The maximum atomic E-state index is 11.4. The third kappa shape index (κ3) is 3.15.